The van der Waals surface area contributed by atoms with Crippen LogP contribution in [0.5, 0.6) is 0 Å². The topological polar surface area (TPSA) is 30.7 Å². The molecule has 0 aliphatic carbocycles. The van der Waals surface area contributed by atoms with Gasteiger partial charge in [-0.3, -0.25) is 4.57 Å². The van der Waals surface area contributed by atoms with Crippen molar-refractivity contribution in [2.24, 2.45) is 0 Å². The molecule has 0 atom stereocenters. The summed E-state index contributed by atoms with van der Waals surface area (Å²) in [6, 6.07) is 10.6. The average molecular weight is 300 g/mol. The minimum absolute atomic E-state index is 0.551. The fourth-order valence-corrected chi connectivity index (χ4v) is 2.72. The Morgan fingerprint density at radius 1 is 1.24 bits per heavy atom. The van der Waals surface area contributed by atoms with E-state index in [1.807, 2.05) is 13.1 Å². The molecule has 1 aromatic carbocycles. The average Bonchev–Trinajstić information content (AvgIpc) is 2.84. The first-order valence-electron chi connectivity index (χ1n) is 7.22. The summed E-state index contributed by atoms with van der Waals surface area (Å²) in [6.45, 7) is 4.19. The Morgan fingerprint density at radius 2 is 2.10 bits per heavy atom. The summed E-state index contributed by atoms with van der Waals surface area (Å²) in [5.41, 5.74) is 5.35. The molecule has 3 rings (SSSR count). The van der Waals surface area contributed by atoms with E-state index in [-0.39, 0.29) is 0 Å². The molecule has 0 aliphatic heterocycles. The molecule has 0 saturated carbocycles. The monoisotopic (exact) mass is 299 g/mol. The van der Waals surface area contributed by atoms with Gasteiger partial charge < -0.3 is 0 Å². The van der Waals surface area contributed by atoms with Crippen molar-refractivity contribution in [3.8, 4) is 5.69 Å². The summed E-state index contributed by atoms with van der Waals surface area (Å²) in [7, 11) is 0. The van der Waals surface area contributed by atoms with Crippen molar-refractivity contribution in [3.63, 3.8) is 0 Å². The lowest BCUT2D eigenvalue weighted by molar-refractivity contribution is 0.902. The molecular weight excluding hydrogens is 282 g/mol. The molecule has 0 amide bonds. The van der Waals surface area contributed by atoms with E-state index >= 15 is 0 Å². The van der Waals surface area contributed by atoms with Gasteiger partial charge in [-0.25, -0.2) is 9.97 Å². The number of halogens is 1. The highest BCUT2D eigenvalue weighted by atomic mass is 35.5. The largest absolute Gasteiger partial charge is 0.281 e. The molecule has 108 valence electrons. The normalized spacial score (nSPS) is 11.2. The van der Waals surface area contributed by atoms with E-state index in [1.165, 1.54) is 5.56 Å². The minimum atomic E-state index is 0.551. The predicted octanol–water partition coefficient (Wildman–Crippen LogP) is 4.07. The standard InChI is InChI=1S/C17H18ClN3/c1-3-13-5-4-6-14(10-13)21-16(7-8-18)20-15-9-12(2)11-19-17(15)21/h4-6,9-11H,3,7-8H2,1-2H3. The number of alkyl halides is 1. The highest BCUT2D eigenvalue weighted by Gasteiger charge is 2.13. The van der Waals surface area contributed by atoms with Crippen molar-refractivity contribution >= 4 is 22.8 Å². The van der Waals surface area contributed by atoms with Gasteiger partial charge in [0.15, 0.2) is 5.65 Å². The maximum Gasteiger partial charge on any atom is 0.164 e. The highest BCUT2D eigenvalue weighted by Crippen LogP contribution is 2.22. The molecule has 0 aliphatic rings. The highest BCUT2D eigenvalue weighted by molar-refractivity contribution is 6.17. The van der Waals surface area contributed by atoms with Gasteiger partial charge in [0.1, 0.15) is 11.3 Å². The summed E-state index contributed by atoms with van der Waals surface area (Å²) in [4.78, 5) is 9.28. The van der Waals surface area contributed by atoms with Crippen molar-refractivity contribution in [2.75, 3.05) is 5.88 Å². The van der Waals surface area contributed by atoms with Crippen LogP contribution in [0.1, 0.15) is 23.9 Å². The Hall–Kier alpha value is -1.87. The quantitative estimate of drug-likeness (QED) is 0.680. The van der Waals surface area contributed by atoms with Crippen LogP contribution >= 0.6 is 11.6 Å². The number of pyridine rings is 1. The maximum absolute atomic E-state index is 5.94. The number of nitrogens with zero attached hydrogens (tertiary/aromatic N) is 3. The van der Waals surface area contributed by atoms with Crippen LogP contribution in [-0.4, -0.2) is 20.4 Å². The molecule has 2 heterocycles. The molecule has 0 N–H and O–H groups in total. The molecule has 0 unspecified atom stereocenters. The molecule has 3 nitrogen and oxygen atoms in total. The van der Waals surface area contributed by atoms with Crippen molar-refractivity contribution in [1.29, 1.82) is 0 Å². The zero-order chi connectivity index (χ0) is 14.8. The third-order valence-corrected chi connectivity index (χ3v) is 3.79. The Morgan fingerprint density at radius 3 is 2.86 bits per heavy atom. The predicted molar refractivity (Wildman–Crippen MR) is 87.4 cm³/mol. The van der Waals surface area contributed by atoms with Crippen LogP contribution in [0.25, 0.3) is 16.9 Å². The second kappa shape index (κ2) is 5.86. The van der Waals surface area contributed by atoms with Crippen LogP contribution in [0.15, 0.2) is 36.5 Å². The molecule has 0 radical (unpaired) electrons. The van der Waals surface area contributed by atoms with Crippen LogP contribution in [0.3, 0.4) is 0 Å². The van der Waals surface area contributed by atoms with Gasteiger partial charge in [0.05, 0.1) is 0 Å². The second-order valence-corrected chi connectivity index (χ2v) is 5.56. The fraction of sp³-hybridized carbons (Fsp3) is 0.294. The lowest BCUT2D eigenvalue weighted by atomic mass is 10.1. The second-order valence-electron chi connectivity index (χ2n) is 5.18. The summed E-state index contributed by atoms with van der Waals surface area (Å²) in [5.74, 6) is 1.52. The number of aryl methyl sites for hydroxylation is 3. The minimum Gasteiger partial charge on any atom is -0.281 e. The van der Waals surface area contributed by atoms with Crippen molar-refractivity contribution in [2.45, 2.75) is 26.7 Å². The van der Waals surface area contributed by atoms with E-state index in [0.717, 1.165) is 41.1 Å². The van der Waals surface area contributed by atoms with Gasteiger partial charge in [-0.1, -0.05) is 19.1 Å². The first-order valence-corrected chi connectivity index (χ1v) is 7.75. The van der Waals surface area contributed by atoms with E-state index in [4.69, 9.17) is 16.6 Å². The smallest absolute Gasteiger partial charge is 0.164 e. The lowest BCUT2D eigenvalue weighted by Gasteiger charge is -2.09. The summed E-state index contributed by atoms with van der Waals surface area (Å²) < 4.78 is 2.12. The van der Waals surface area contributed by atoms with Crippen LogP contribution < -0.4 is 0 Å². The number of fused-ring (bicyclic) bond motifs is 1. The van der Waals surface area contributed by atoms with Gasteiger partial charge in [-0.05, 0) is 42.7 Å². The van der Waals surface area contributed by atoms with Crippen LogP contribution in [0.2, 0.25) is 0 Å². The maximum atomic E-state index is 5.94. The first kappa shape index (κ1) is 14.1. The molecule has 0 saturated heterocycles. The summed E-state index contributed by atoms with van der Waals surface area (Å²) in [5, 5.41) is 0. The Balaban J connectivity index is 2.25. The molecule has 2 aromatic heterocycles. The molecule has 0 bridgehead atoms. The van der Waals surface area contributed by atoms with Crippen molar-refractivity contribution in [1.82, 2.24) is 14.5 Å². The Bertz CT molecular complexity index is 777. The van der Waals surface area contributed by atoms with Gasteiger partial charge >= 0.3 is 0 Å². The molecule has 0 fully saturated rings. The van der Waals surface area contributed by atoms with Gasteiger partial charge in [0.2, 0.25) is 0 Å². The summed E-state index contributed by atoms with van der Waals surface area (Å²) >= 11 is 5.94. The number of hydrogen-bond acceptors (Lipinski definition) is 2. The van der Waals surface area contributed by atoms with Crippen LogP contribution in [-0.2, 0) is 12.8 Å². The number of hydrogen-bond donors (Lipinski definition) is 0. The zero-order valence-corrected chi connectivity index (χ0v) is 13.1. The fourth-order valence-electron chi connectivity index (χ4n) is 2.55. The van der Waals surface area contributed by atoms with Crippen LogP contribution in [0.4, 0.5) is 0 Å². The van der Waals surface area contributed by atoms with E-state index < -0.39 is 0 Å². The van der Waals surface area contributed by atoms with E-state index in [0.29, 0.717) is 5.88 Å². The van der Waals surface area contributed by atoms with Gasteiger partial charge in [0.25, 0.3) is 0 Å². The third kappa shape index (κ3) is 2.66. The van der Waals surface area contributed by atoms with Crippen molar-refractivity contribution in [3.05, 3.63) is 53.5 Å². The lowest BCUT2D eigenvalue weighted by Crippen LogP contribution is -2.03. The summed E-state index contributed by atoms with van der Waals surface area (Å²) in [6.07, 6.45) is 3.62. The molecule has 3 aromatic rings. The molecule has 21 heavy (non-hydrogen) atoms. The van der Waals surface area contributed by atoms with E-state index in [9.17, 15) is 0 Å². The number of rotatable bonds is 4. The van der Waals surface area contributed by atoms with Gasteiger partial charge in [-0.15, -0.1) is 11.6 Å². The Kier molecular flexibility index (Phi) is 3.93. The Labute approximate surface area is 129 Å². The molecule has 0 spiro atoms. The first-order chi connectivity index (χ1) is 10.2. The van der Waals surface area contributed by atoms with Gasteiger partial charge in [-0.2, -0.15) is 0 Å². The van der Waals surface area contributed by atoms with E-state index in [2.05, 4.69) is 46.8 Å². The van der Waals surface area contributed by atoms with E-state index in [1.54, 1.807) is 0 Å². The number of aromatic nitrogens is 3. The van der Waals surface area contributed by atoms with Crippen molar-refractivity contribution < 1.29 is 0 Å². The molecule has 4 heteroatoms. The number of imidazole rings is 1. The van der Waals surface area contributed by atoms with Gasteiger partial charge in [0, 0.05) is 24.2 Å². The molecular formula is C17H18ClN3. The SMILES string of the molecule is CCc1cccc(-n2c(CCCl)nc3cc(C)cnc32)c1. The number of benzene rings is 1. The zero-order valence-electron chi connectivity index (χ0n) is 12.3. The van der Waals surface area contributed by atoms with Crippen LogP contribution in [0, 0.1) is 6.92 Å². The third-order valence-electron chi connectivity index (χ3n) is 3.60.